The third-order valence-electron chi connectivity index (χ3n) is 3.77. The van der Waals surface area contributed by atoms with Gasteiger partial charge in [0, 0.05) is 13.0 Å². The maximum absolute atomic E-state index is 12.3. The quantitative estimate of drug-likeness (QED) is 0.536. The summed E-state index contributed by atoms with van der Waals surface area (Å²) in [4.78, 5) is 37.2. The van der Waals surface area contributed by atoms with Gasteiger partial charge in [0.2, 0.25) is 11.8 Å². The Morgan fingerprint density at radius 2 is 2.20 bits per heavy atom. The Morgan fingerprint density at radius 3 is 2.84 bits per heavy atom. The number of hydrogen-bond acceptors (Lipinski definition) is 4. The lowest BCUT2D eigenvalue weighted by molar-refractivity contribution is -0.144. The Labute approximate surface area is 150 Å². The van der Waals surface area contributed by atoms with E-state index in [4.69, 9.17) is 21.4 Å². The van der Waals surface area contributed by atoms with Crippen LogP contribution in [-0.2, 0) is 19.1 Å². The molecule has 0 aliphatic carbocycles. The summed E-state index contributed by atoms with van der Waals surface area (Å²) in [6, 6.07) is 5.67. The summed E-state index contributed by atoms with van der Waals surface area (Å²) >= 11 is 6.10. The summed E-state index contributed by atoms with van der Waals surface area (Å²) in [5, 5.41) is 12.0. The molecule has 2 N–H and O–H groups in total. The summed E-state index contributed by atoms with van der Waals surface area (Å²) in [6.07, 6.45) is 1.48. The Bertz CT molecular complexity index is 679. The van der Waals surface area contributed by atoms with Gasteiger partial charge in [-0.25, -0.2) is 4.79 Å². The number of aliphatic carboxylic acids is 1. The maximum atomic E-state index is 12.3. The van der Waals surface area contributed by atoms with Crippen LogP contribution in [0.15, 0.2) is 36.9 Å². The number of ether oxygens (including phenoxy) is 1. The van der Waals surface area contributed by atoms with Crippen molar-refractivity contribution in [1.82, 2.24) is 5.32 Å². The number of carbonyl (C=O) groups excluding carboxylic acids is 2. The number of carboxylic acids is 1. The van der Waals surface area contributed by atoms with Crippen LogP contribution in [0.25, 0.3) is 0 Å². The van der Waals surface area contributed by atoms with Crippen molar-refractivity contribution in [2.75, 3.05) is 24.7 Å². The summed E-state index contributed by atoms with van der Waals surface area (Å²) in [6.45, 7) is 3.62. The molecule has 1 aromatic carbocycles. The van der Waals surface area contributed by atoms with Crippen molar-refractivity contribution in [3.05, 3.63) is 41.9 Å². The molecule has 0 aromatic heterocycles. The molecule has 7 nitrogen and oxygen atoms in total. The number of benzene rings is 1. The number of carboxylic acid groups (broad SMARTS) is 1. The topological polar surface area (TPSA) is 95.9 Å². The number of nitrogens with zero attached hydrogens (tertiary/aromatic N) is 1. The molecule has 1 saturated heterocycles. The second kappa shape index (κ2) is 8.64. The number of anilines is 1. The molecule has 25 heavy (non-hydrogen) atoms. The smallest absolute Gasteiger partial charge is 0.328 e. The predicted molar refractivity (Wildman–Crippen MR) is 92.5 cm³/mol. The lowest BCUT2D eigenvalue weighted by Gasteiger charge is -2.19. The lowest BCUT2D eigenvalue weighted by Crippen LogP contribution is -2.46. The molecule has 0 radical (unpaired) electrons. The van der Waals surface area contributed by atoms with Crippen molar-refractivity contribution in [1.29, 1.82) is 0 Å². The molecule has 1 aromatic rings. The van der Waals surface area contributed by atoms with E-state index in [1.165, 1.54) is 11.0 Å². The SMILES string of the molecule is C=CCOCC(NC(=O)C1CC(=O)N(c2ccccc2Cl)C1)C(=O)O. The zero-order chi connectivity index (χ0) is 18.4. The number of nitrogens with one attached hydrogen (secondary N) is 1. The molecule has 2 atom stereocenters. The van der Waals surface area contributed by atoms with E-state index in [0.717, 1.165) is 0 Å². The van der Waals surface area contributed by atoms with Crippen LogP contribution >= 0.6 is 11.6 Å². The first kappa shape index (κ1) is 19.0. The number of halogens is 1. The van der Waals surface area contributed by atoms with Crippen LogP contribution < -0.4 is 10.2 Å². The van der Waals surface area contributed by atoms with E-state index >= 15 is 0 Å². The molecule has 1 fully saturated rings. The van der Waals surface area contributed by atoms with Crippen LogP contribution in [0.1, 0.15) is 6.42 Å². The molecule has 1 aliphatic heterocycles. The lowest BCUT2D eigenvalue weighted by atomic mass is 10.1. The van der Waals surface area contributed by atoms with E-state index in [2.05, 4.69) is 11.9 Å². The minimum absolute atomic E-state index is 0.00307. The summed E-state index contributed by atoms with van der Waals surface area (Å²) < 4.78 is 5.09. The van der Waals surface area contributed by atoms with Crippen LogP contribution in [0, 0.1) is 5.92 Å². The van der Waals surface area contributed by atoms with Gasteiger partial charge in [-0.05, 0) is 12.1 Å². The summed E-state index contributed by atoms with van der Waals surface area (Å²) in [5.41, 5.74) is 0.536. The predicted octanol–water partition coefficient (Wildman–Crippen LogP) is 1.46. The van der Waals surface area contributed by atoms with Crippen molar-refractivity contribution >= 4 is 35.1 Å². The molecule has 0 saturated carbocycles. The van der Waals surface area contributed by atoms with Gasteiger partial charge in [-0.2, -0.15) is 0 Å². The number of para-hydroxylation sites is 1. The van der Waals surface area contributed by atoms with E-state index in [1.54, 1.807) is 24.3 Å². The molecule has 2 amide bonds. The first-order valence-corrected chi connectivity index (χ1v) is 8.08. The Hall–Kier alpha value is -2.38. The fraction of sp³-hybridized carbons (Fsp3) is 0.353. The average molecular weight is 367 g/mol. The van der Waals surface area contributed by atoms with Crippen LogP contribution in [0.3, 0.4) is 0 Å². The minimum Gasteiger partial charge on any atom is -0.480 e. The normalized spacial score (nSPS) is 18.0. The highest BCUT2D eigenvalue weighted by Gasteiger charge is 2.37. The standard InChI is InChI=1S/C17H19ClN2O5/c1-2-7-25-10-13(17(23)24)19-16(22)11-8-15(21)20(9-11)14-6-4-3-5-12(14)18/h2-6,11,13H,1,7-10H2,(H,19,22)(H,23,24). The van der Waals surface area contributed by atoms with Gasteiger partial charge in [-0.1, -0.05) is 29.8 Å². The number of carbonyl (C=O) groups is 3. The summed E-state index contributed by atoms with van der Waals surface area (Å²) in [7, 11) is 0. The Balaban J connectivity index is 2.00. The van der Waals surface area contributed by atoms with Gasteiger partial charge in [0.15, 0.2) is 6.04 Å². The van der Waals surface area contributed by atoms with Gasteiger partial charge >= 0.3 is 5.97 Å². The van der Waals surface area contributed by atoms with Gasteiger partial charge in [-0.3, -0.25) is 9.59 Å². The van der Waals surface area contributed by atoms with Gasteiger partial charge in [0.05, 0.1) is 29.8 Å². The first-order chi connectivity index (χ1) is 11.9. The van der Waals surface area contributed by atoms with Crippen LogP contribution in [0.5, 0.6) is 0 Å². The molecular weight excluding hydrogens is 348 g/mol. The molecule has 134 valence electrons. The van der Waals surface area contributed by atoms with Crippen LogP contribution in [0.4, 0.5) is 5.69 Å². The monoisotopic (exact) mass is 366 g/mol. The molecular formula is C17H19ClN2O5. The Morgan fingerprint density at radius 1 is 1.48 bits per heavy atom. The maximum Gasteiger partial charge on any atom is 0.328 e. The van der Waals surface area contributed by atoms with E-state index in [9.17, 15) is 14.4 Å². The number of amides is 2. The van der Waals surface area contributed by atoms with Crippen LogP contribution in [0.2, 0.25) is 5.02 Å². The molecule has 0 bridgehead atoms. The van der Waals surface area contributed by atoms with Gasteiger partial charge in [-0.15, -0.1) is 6.58 Å². The highest BCUT2D eigenvalue weighted by molar-refractivity contribution is 6.33. The highest BCUT2D eigenvalue weighted by atomic mass is 35.5. The van der Waals surface area contributed by atoms with Crippen molar-refractivity contribution in [2.45, 2.75) is 12.5 Å². The van der Waals surface area contributed by atoms with E-state index in [1.807, 2.05) is 0 Å². The van der Waals surface area contributed by atoms with E-state index < -0.39 is 23.8 Å². The Kier molecular flexibility index (Phi) is 6.55. The summed E-state index contributed by atoms with van der Waals surface area (Å²) in [5.74, 6) is -2.59. The molecule has 1 aliphatic rings. The highest BCUT2D eigenvalue weighted by Crippen LogP contribution is 2.31. The number of rotatable bonds is 8. The minimum atomic E-state index is -1.20. The van der Waals surface area contributed by atoms with Gasteiger partial charge in [0.25, 0.3) is 0 Å². The molecule has 2 rings (SSSR count). The van der Waals surface area contributed by atoms with Crippen molar-refractivity contribution in [3.63, 3.8) is 0 Å². The molecule has 0 spiro atoms. The fourth-order valence-electron chi connectivity index (χ4n) is 2.52. The number of hydrogen-bond donors (Lipinski definition) is 2. The van der Waals surface area contributed by atoms with E-state index in [-0.39, 0.29) is 32.1 Å². The fourth-order valence-corrected chi connectivity index (χ4v) is 2.76. The zero-order valence-corrected chi connectivity index (χ0v) is 14.2. The molecule has 2 unspecified atom stereocenters. The van der Waals surface area contributed by atoms with Crippen LogP contribution in [-0.4, -0.2) is 48.7 Å². The third-order valence-corrected chi connectivity index (χ3v) is 4.09. The second-order valence-electron chi connectivity index (χ2n) is 5.58. The molecule has 1 heterocycles. The largest absolute Gasteiger partial charge is 0.480 e. The zero-order valence-electron chi connectivity index (χ0n) is 13.5. The van der Waals surface area contributed by atoms with Gasteiger partial charge in [0.1, 0.15) is 0 Å². The van der Waals surface area contributed by atoms with Gasteiger partial charge < -0.3 is 20.1 Å². The third kappa shape index (κ3) is 4.80. The molecule has 8 heteroatoms. The average Bonchev–Trinajstić information content (AvgIpc) is 2.96. The van der Waals surface area contributed by atoms with E-state index in [0.29, 0.717) is 10.7 Å². The van der Waals surface area contributed by atoms with Crippen molar-refractivity contribution < 1.29 is 24.2 Å². The van der Waals surface area contributed by atoms with Crippen molar-refractivity contribution in [3.8, 4) is 0 Å². The van der Waals surface area contributed by atoms with Crippen molar-refractivity contribution in [2.24, 2.45) is 5.92 Å². The second-order valence-corrected chi connectivity index (χ2v) is 5.99. The first-order valence-electron chi connectivity index (χ1n) is 7.70.